The lowest BCUT2D eigenvalue weighted by Crippen LogP contribution is -2.40. The van der Waals surface area contributed by atoms with E-state index in [1.54, 1.807) is 4.90 Å². The van der Waals surface area contributed by atoms with Gasteiger partial charge < -0.3 is 9.64 Å². The Morgan fingerprint density at radius 2 is 1.84 bits per heavy atom. The molecule has 0 N–H and O–H groups in total. The van der Waals surface area contributed by atoms with Crippen LogP contribution in [0.3, 0.4) is 0 Å². The van der Waals surface area contributed by atoms with Gasteiger partial charge in [-0.1, -0.05) is 31.5 Å². The molecule has 0 saturated heterocycles. The highest BCUT2D eigenvalue weighted by molar-refractivity contribution is 5.80. The van der Waals surface area contributed by atoms with Crippen LogP contribution < -0.4 is 4.74 Å². The second-order valence-electron chi connectivity index (χ2n) is 4.63. The Morgan fingerprint density at radius 1 is 1.21 bits per heavy atom. The molecule has 0 aliphatic rings. The molecule has 1 atom stereocenters. The van der Waals surface area contributed by atoms with Crippen LogP contribution in [0, 0.1) is 0 Å². The number of rotatable bonds is 7. The summed E-state index contributed by atoms with van der Waals surface area (Å²) in [5.74, 6) is 0.883. The fraction of sp³-hybridized carbons (Fsp3) is 0.562. The van der Waals surface area contributed by atoms with E-state index >= 15 is 0 Å². The van der Waals surface area contributed by atoms with Crippen molar-refractivity contribution in [1.82, 2.24) is 4.90 Å². The summed E-state index contributed by atoms with van der Waals surface area (Å²) in [6.45, 7) is 9.38. The number of ether oxygens (including phenoxy) is 1. The van der Waals surface area contributed by atoms with Gasteiger partial charge in [0.1, 0.15) is 5.75 Å². The summed E-state index contributed by atoms with van der Waals surface area (Å²) in [5, 5.41) is 0. The number of amides is 1. The SMILES string of the molecule is CCCc1ccccc1OC(C)C(=O)N(CC)CC. The Bertz CT molecular complexity index is 399. The summed E-state index contributed by atoms with van der Waals surface area (Å²) in [7, 11) is 0. The molecule has 1 unspecified atom stereocenters. The van der Waals surface area contributed by atoms with E-state index < -0.39 is 6.10 Å². The van der Waals surface area contributed by atoms with Crippen LogP contribution >= 0.6 is 0 Å². The predicted molar refractivity (Wildman–Crippen MR) is 78.5 cm³/mol. The first kappa shape index (κ1) is 15.5. The Kier molecular flexibility index (Phi) is 6.40. The number of para-hydroxylation sites is 1. The van der Waals surface area contributed by atoms with Gasteiger partial charge in [0, 0.05) is 13.1 Å². The van der Waals surface area contributed by atoms with Crippen LogP contribution in [0.15, 0.2) is 24.3 Å². The zero-order valence-electron chi connectivity index (χ0n) is 12.5. The zero-order valence-corrected chi connectivity index (χ0v) is 12.5. The van der Waals surface area contributed by atoms with E-state index in [4.69, 9.17) is 4.74 Å². The molecule has 0 aliphatic heterocycles. The minimum Gasteiger partial charge on any atom is -0.481 e. The maximum atomic E-state index is 12.2. The Balaban J connectivity index is 2.76. The van der Waals surface area contributed by atoms with E-state index in [9.17, 15) is 4.79 Å². The van der Waals surface area contributed by atoms with Crippen molar-refractivity contribution >= 4 is 5.91 Å². The lowest BCUT2D eigenvalue weighted by atomic mass is 10.1. The molecule has 106 valence electrons. The molecule has 3 nitrogen and oxygen atoms in total. The number of benzene rings is 1. The molecule has 0 fully saturated rings. The predicted octanol–water partition coefficient (Wildman–Crippen LogP) is 3.27. The molecule has 3 heteroatoms. The van der Waals surface area contributed by atoms with E-state index in [0.29, 0.717) is 0 Å². The van der Waals surface area contributed by atoms with Crippen molar-refractivity contribution in [3.8, 4) is 5.75 Å². The third-order valence-corrected chi connectivity index (χ3v) is 3.22. The van der Waals surface area contributed by atoms with Crippen LogP contribution in [0.5, 0.6) is 5.75 Å². The zero-order chi connectivity index (χ0) is 14.3. The van der Waals surface area contributed by atoms with Gasteiger partial charge in [0.15, 0.2) is 6.10 Å². The second-order valence-corrected chi connectivity index (χ2v) is 4.63. The van der Waals surface area contributed by atoms with Crippen LogP contribution in [0.25, 0.3) is 0 Å². The molecule has 0 saturated carbocycles. The quantitative estimate of drug-likeness (QED) is 0.755. The van der Waals surface area contributed by atoms with E-state index in [1.165, 1.54) is 5.56 Å². The van der Waals surface area contributed by atoms with Gasteiger partial charge in [-0.15, -0.1) is 0 Å². The van der Waals surface area contributed by atoms with Gasteiger partial charge in [-0.05, 0) is 38.8 Å². The third kappa shape index (κ3) is 4.27. The molecule has 0 heterocycles. The van der Waals surface area contributed by atoms with Crippen molar-refractivity contribution in [2.75, 3.05) is 13.1 Å². The number of nitrogens with zero attached hydrogens (tertiary/aromatic N) is 1. The van der Waals surface area contributed by atoms with Crippen LogP contribution in [0.2, 0.25) is 0 Å². The lowest BCUT2D eigenvalue weighted by molar-refractivity contribution is -0.137. The maximum Gasteiger partial charge on any atom is 0.263 e. The highest BCUT2D eigenvalue weighted by Gasteiger charge is 2.20. The first-order valence-electron chi connectivity index (χ1n) is 7.17. The van der Waals surface area contributed by atoms with Crippen LogP contribution in [0.4, 0.5) is 0 Å². The first-order chi connectivity index (χ1) is 9.13. The molecule has 1 amide bonds. The number of carbonyl (C=O) groups is 1. The molecule has 1 rings (SSSR count). The summed E-state index contributed by atoms with van der Waals surface area (Å²) in [6.07, 6.45) is 1.61. The Labute approximate surface area is 116 Å². The molecule has 0 radical (unpaired) electrons. The second kappa shape index (κ2) is 7.82. The molecule has 0 aliphatic carbocycles. The van der Waals surface area contributed by atoms with Gasteiger partial charge in [0.25, 0.3) is 5.91 Å². The number of hydrogen-bond acceptors (Lipinski definition) is 2. The van der Waals surface area contributed by atoms with Crippen LogP contribution in [0.1, 0.15) is 39.7 Å². The number of aryl methyl sites for hydroxylation is 1. The van der Waals surface area contributed by atoms with Crippen molar-refractivity contribution in [2.24, 2.45) is 0 Å². The van der Waals surface area contributed by atoms with Crippen molar-refractivity contribution in [2.45, 2.75) is 46.6 Å². The summed E-state index contributed by atoms with van der Waals surface area (Å²) in [5.41, 5.74) is 1.17. The van der Waals surface area contributed by atoms with Crippen molar-refractivity contribution in [3.05, 3.63) is 29.8 Å². The summed E-state index contributed by atoms with van der Waals surface area (Å²) in [4.78, 5) is 14.0. The third-order valence-electron chi connectivity index (χ3n) is 3.22. The Morgan fingerprint density at radius 3 is 2.42 bits per heavy atom. The lowest BCUT2D eigenvalue weighted by Gasteiger charge is -2.24. The van der Waals surface area contributed by atoms with E-state index in [1.807, 2.05) is 39.0 Å². The van der Waals surface area contributed by atoms with Gasteiger partial charge in [-0.2, -0.15) is 0 Å². The number of likely N-dealkylation sites (N-methyl/N-ethyl adjacent to an activating group) is 1. The average molecular weight is 263 g/mol. The summed E-state index contributed by atoms with van der Waals surface area (Å²) < 4.78 is 5.85. The minimum absolute atomic E-state index is 0.0521. The standard InChI is InChI=1S/C16H25NO2/c1-5-10-14-11-8-9-12-15(14)19-13(4)16(18)17(6-2)7-3/h8-9,11-13H,5-7,10H2,1-4H3. The maximum absolute atomic E-state index is 12.2. The molecule has 0 aromatic heterocycles. The van der Waals surface area contributed by atoms with Crippen LogP contribution in [-0.4, -0.2) is 30.0 Å². The molecular weight excluding hydrogens is 238 g/mol. The van der Waals surface area contributed by atoms with Gasteiger partial charge in [-0.25, -0.2) is 0 Å². The van der Waals surface area contributed by atoms with Crippen LogP contribution in [-0.2, 0) is 11.2 Å². The van der Waals surface area contributed by atoms with Gasteiger partial charge >= 0.3 is 0 Å². The summed E-state index contributed by atoms with van der Waals surface area (Å²) >= 11 is 0. The fourth-order valence-electron chi connectivity index (χ4n) is 2.13. The molecule has 1 aromatic rings. The molecule has 0 spiro atoms. The van der Waals surface area contributed by atoms with E-state index in [2.05, 4.69) is 13.0 Å². The van der Waals surface area contributed by atoms with E-state index in [-0.39, 0.29) is 5.91 Å². The monoisotopic (exact) mass is 263 g/mol. The molecular formula is C16H25NO2. The number of hydrogen-bond donors (Lipinski definition) is 0. The normalized spacial score (nSPS) is 12.0. The summed E-state index contributed by atoms with van der Waals surface area (Å²) in [6, 6.07) is 7.96. The van der Waals surface area contributed by atoms with Gasteiger partial charge in [0.05, 0.1) is 0 Å². The van der Waals surface area contributed by atoms with Crippen molar-refractivity contribution < 1.29 is 9.53 Å². The van der Waals surface area contributed by atoms with Crippen molar-refractivity contribution in [1.29, 1.82) is 0 Å². The molecule has 0 bridgehead atoms. The minimum atomic E-state index is -0.432. The topological polar surface area (TPSA) is 29.5 Å². The largest absolute Gasteiger partial charge is 0.481 e. The average Bonchev–Trinajstić information content (AvgIpc) is 2.42. The van der Waals surface area contributed by atoms with Crippen molar-refractivity contribution in [3.63, 3.8) is 0 Å². The Hall–Kier alpha value is -1.51. The smallest absolute Gasteiger partial charge is 0.263 e. The fourth-order valence-corrected chi connectivity index (χ4v) is 2.13. The van der Waals surface area contributed by atoms with Gasteiger partial charge in [0.2, 0.25) is 0 Å². The number of carbonyl (C=O) groups excluding carboxylic acids is 1. The van der Waals surface area contributed by atoms with E-state index in [0.717, 1.165) is 31.7 Å². The molecule has 1 aromatic carbocycles. The van der Waals surface area contributed by atoms with Gasteiger partial charge in [-0.3, -0.25) is 4.79 Å². The highest BCUT2D eigenvalue weighted by atomic mass is 16.5. The first-order valence-corrected chi connectivity index (χ1v) is 7.17. The highest BCUT2D eigenvalue weighted by Crippen LogP contribution is 2.21. The molecule has 19 heavy (non-hydrogen) atoms.